The topological polar surface area (TPSA) is 46.1 Å². The number of fused-ring (bicyclic) bond motifs is 1. The first-order valence-corrected chi connectivity index (χ1v) is 9.09. The predicted octanol–water partition coefficient (Wildman–Crippen LogP) is 4.02. The van der Waals surface area contributed by atoms with Crippen LogP contribution in [0.15, 0.2) is 42.7 Å². The average molecular weight is 337 g/mol. The van der Waals surface area contributed by atoms with Gasteiger partial charge in [-0.3, -0.25) is 9.78 Å². The van der Waals surface area contributed by atoms with Crippen LogP contribution in [-0.2, 0) is 0 Å². The normalized spacial score (nSPS) is 18.0. The molecule has 122 valence electrons. The van der Waals surface area contributed by atoms with Crippen molar-refractivity contribution in [1.29, 1.82) is 0 Å². The summed E-state index contributed by atoms with van der Waals surface area (Å²) in [6, 6.07) is 9.71. The lowest BCUT2D eigenvalue weighted by Crippen LogP contribution is -2.39. The van der Waals surface area contributed by atoms with Crippen molar-refractivity contribution in [2.75, 3.05) is 13.1 Å². The third-order valence-corrected chi connectivity index (χ3v) is 5.64. The number of para-hydroxylation sites is 1. The van der Waals surface area contributed by atoms with Crippen LogP contribution in [-0.4, -0.2) is 33.9 Å². The molecular formula is C19H19N3OS. The van der Waals surface area contributed by atoms with Crippen LogP contribution < -0.4 is 0 Å². The molecule has 1 saturated heterocycles. The lowest BCUT2D eigenvalue weighted by Gasteiger charge is -2.32. The second-order valence-corrected chi connectivity index (χ2v) is 7.55. The molecule has 1 atom stereocenters. The Labute approximate surface area is 145 Å². The molecule has 4 nitrogen and oxygen atoms in total. The smallest absolute Gasteiger partial charge is 0.256 e. The van der Waals surface area contributed by atoms with Crippen molar-refractivity contribution in [3.63, 3.8) is 0 Å². The van der Waals surface area contributed by atoms with Gasteiger partial charge in [-0.1, -0.05) is 18.2 Å². The van der Waals surface area contributed by atoms with E-state index in [4.69, 9.17) is 0 Å². The summed E-state index contributed by atoms with van der Waals surface area (Å²) in [5, 5.41) is 2.16. The van der Waals surface area contributed by atoms with Gasteiger partial charge in [0.2, 0.25) is 0 Å². The minimum Gasteiger partial charge on any atom is -0.338 e. The molecule has 1 amide bonds. The zero-order chi connectivity index (χ0) is 16.5. The quantitative estimate of drug-likeness (QED) is 0.709. The second kappa shape index (κ2) is 6.32. The Morgan fingerprint density at radius 2 is 2.12 bits per heavy atom. The number of carbonyl (C=O) groups is 1. The first-order valence-electron chi connectivity index (χ1n) is 8.28. The summed E-state index contributed by atoms with van der Waals surface area (Å²) in [6.45, 7) is 3.63. The highest BCUT2D eigenvalue weighted by Gasteiger charge is 2.28. The number of amides is 1. The van der Waals surface area contributed by atoms with Crippen LogP contribution >= 0.6 is 11.3 Å². The molecule has 0 radical (unpaired) electrons. The molecular weight excluding hydrogens is 318 g/mol. The molecule has 0 aliphatic carbocycles. The molecule has 5 heteroatoms. The number of nitrogens with zero attached hydrogens (tertiary/aromatic N) is 3. The van der Waals surface area contributed by atoms with Gasteiger partial charge in [-0.25, -0.2) is 4.98 Å². The van der Waals surface area contributed by atoms with Crippen LogP contribution in [0.3, 0.4) is 0 Å². The van der Waals surface area contributed by atoms with Gasteiger partial charge >= 0.3 is 0 Å². The van der Waals surface area contributed by atoms with Crippen molar-refractivity contribution in [2.45, 2.75) is 25.7 Å². The number of hydrogen-bond donors (Lipinski definition) is 0. The summed E-state index contributed by atoms with van der Waals surface area (Å²) in [7, 11) is 0. The van der Waals surface area contributed by atoms with Gasteiger partial charge in [0.05, 0.1) is 16.1 Å². The number of pyridine rings is 1. The van der Waals surface area contributed by atoms with Gasteiger partial charge in [0.1, 0.15) is 0 Å². The van der Waals surface area contributed by atoms with Gasteiger partial charge in [-0.05, 0) is 31.9 Å². The SMILES string of the molecule is Cc1cnc([C@H]2CCCN(C(=O)c3cccc4cccnc34)C2)s1. The van der Waals surface area contributed by atoms with Gasteiger partial charge in [0.25, 0.3) is 5.91 Å². The first-order chi connectivity index (χ1) is 11.7. The minimum atomic E-state index is 0.0808. The summed E-state index contributed by atoms with van der Waals surface area (Å²) >= 11 is 1.74. The Morgan fingerprint density at radius 1 is 1.25 bits per heavy atom. The lowest BCUT2D eigenvalue weighted by atomic mass is 9.97. The minimum absolute atomic E-state index is 0.0808. The molecule has 1 aliphatic rings. The van der Waals surface area contributed by atoms with E-state index in [0.717, 1.165) is 41.8 Å². The molecule has 0 N–H and O–H groups in total. The van der Waals surface area contributed by atoms with Crippen molar-refractivity contribution in [3.8, 4) is 0 Å². The number of benzene rings is 1. The maximum absolute atomic E-state index is 13.1. The molecule has 3 heterocycles. The molecule has 4 rings (SSSR count). The van der Waals surface area contributed by atoms with Crippen molar-refractivity contribution >= 4 is 28.1 Å². The highest BCUT2D eigenvalue weighted by Crippen LogP contribution is 2.31. The van der Waals surface area contributed by atoms with Gasteiger partial charge in [0.15, 0.2) is 0 Å². The third kappa shape index (κ3) is 2.80. The number of piperidine rings is 1. The average Bonchev–Trinajstić information content (AvgIpc) is 3.07. The highest BCUT2D eigenvalue weighted by molar-refractivity contribution is 7.11. The number of aryl methyl sites for hydroxylation is 1. The lowest BCUT2D eigenvalue weighted by molar-refractivity contribution is 0.0709. The van der Waals surface area contributed by atoms with E-state index in [-0.39, 0.29) is 5.91 Å². The van der Waals surface area contributed by atoms with Crippen molar-refractivity contribution in [1.82, 2.24) is 14.9 Å². The zero-order valence-electron chi connectivity index (χ0n) is 13.6. The van der Waals surface area contributed by atoms with E-state index in [0.29, 0.717) is 11.5 Å². The fourth-order valence-corrected chi connectivity index (χ4v) is 4.27. The molecule has 24 heavy (non-hydrogen) atoms. The van der Waals surface area contributed by atoms with Crippen LogP contribution in [0, 0.1) is 6.92 Å². The maximum atomic E-state index is 13.1. The van der Waals surface area contributed by atoms with Gasteiger partial charge in [-0.15, -0.1) is 11.3 Å². The number of carbonyl (C=O) groups excluding carboxylic acids is 1. The molecule has 0 bridgehead atoms. The Balaban J connectivity index is 1.61. The van der Waals surface area contributed by atoms with E-state index >= 15 is 0 Å². The molecule has 1 aromatic carbocycles. The first kappa shape index (κ1) is 15.3. The van der Waals surface area contributed by atoms with Crippen LogP contribution in [0.2, 0.25) is 0 Å². The number of rotatable bonds is 2. The zero-order valence-corrected chi connectivity index (χ0v) is 14.4. The fraction of sp³-hybridized carbons (Fsp3) is 0.316. The van der Waals surface area contributed by atoms with E-state index in [2.05, 4.69) is 16.9 Å². The number of aromatic nitrogens is 2. The van der Waals surface area contributed by atoms with Gasteiger partial charge < -0.3 is 4.90 Å². The maximum Gasteiger partial charge on any atom is 0.256 e. The summed E-state index contributed by atoms with van der Waals surface area (Å²) in [5.74, 6) is 0.432. The summed E-state index contributed by atoms with van der Waals surface area (Å²) in [5.41, 5.74) is 1.49. The molecule has 0 unspecified atom stereocenters. The molecule has 1 fully saturated rings. The Kier molecular flexibility index (Phi) is 4.02. The number of hydrogen-bond acceptors (Lipinski definition) is 4. The molecule has 2 aromatic heterocycles. The van der Waals surface area contributed by atoms with E-state index in [1.807, 2.05) is 41.4 Å². The van der Waals surface area contributed by atoms with E-state index < -0.39 is 0 Å². The van der Waals surface area contributed by atoms with Crippen LogP contribution in [0.4, 0.5) is 0 Å². The predicted molar refractivity (Wildman–Crippen MR) is 96.5 cm³/mol. The van der Waals surface area contributed by atoms with E-state index in [1.54, 1.807) is 17.5 Å². The van der Waals surface area contributed by atoms with Gasteiger partial charge in [-0.2, -0.15) is 0 Å². The number of thiazole rings is 1. The largest absolute Gasteiger partial charge is 0.338 e. The molecule has 1 aliphatic heterocycles. The van der Waals surface area contributed by atoms with Crippen molar-refractivity contribution < 1.29 is 4.79 Å². The summed E-state index contributed by atoms with van der Waals surface area (Å²) < 4.78 is 0. The van der Waals surface area contributed by atoms with E-state index in [1.165, 1.54) is 4.88 Å². The fourth-order valence-electron chi connectivity index (χ4n) is 3.37. The molecule has 0 saturated carbocycles. The Morgan fingerprint density at radius 3 is 2.96 bits per heavy atom. The molecule has 3 aromatic rings. The molecule has 0 spiro atoms. The van der Waals surface area contributed by atoms with Crippen LogP contribution in [0.5, 0.6) is 0 Å². The monoisotopic (exact) mass is 337 g/mol. The van der Waals surface area contributed by atoms with Crippen LogP contribution in [0.1, 0.15) is 39.0 Å². The standard InChI is InChI=1S/C19H19N3OS/c1-13-11-21-18(24-13)15-7-4-10-22(12-15)19(23)16-8-2-5-14-6-3-9-20-17(14)16/h2-3,5-6,8-9,11,15H,4,7,10,12H2,1H3/t15-/m0/s1. The second-order valence-electron chi connectivity index (χ2n) is 6.28. The Hall–Kier alpha value is -2.27. The number of likely N-dealkylation sites (tertiary alicyclic amines) is 1. The highest BCUT2D eigenvalue weighted by atomic mass is 32.1. The van der Waals surface area contributed by atoms with Crippen molar-refractivity contribution in [2.24, 2.45) is 0 Å². The van der Waals surface area contributed by atoms with Crippen LogP contribution in [0.25, 0.3) is 10.9 Å². The summed E-state index contributed by atoms with van der Waals surface area (Å²) in [4.78, 5) is 25.2. The van der Waals surface area contributed by atoms with Crippen molar-refractivity contribution in [3.05, 3.63) is 58.2 Å². The third-order valence-electron chi connectivity index (χ3n) is 4.56. The Bertz CT molecular complexity index is 884. The van der Waals surface area contributed by atoms with Gasteiger partial charge in [0, 0.05) is 41.7 Å². The summed E-state index contributed by atoms with van der Waals surface area (Å²) in [6.07, 6.45) is 5.80. The van der Waals surface area contributed by atoms with E-state index in [9.17, 15) is 4.79 Å².